The van der Waals surface area contributed by atoms with Crippen LogP contribution in [-0.4, -0.2) is 57.0 Å². The molecule has 1 saturated heterocycles. The Kier molecular flexibility index (Phi) is 5.74. The van der Waals surface area contributed by atoms with Crippen molar-refractivity contribution in [2.75, 3.05) is 13.1 Å². The molecule has 1 N–H and O–H groups in total. The molecule has 4 rings (SSSR count). The van der Waals surface area contributed by atoms with E-state index in [0.717, 1.165) is 24.6 Å². The summed E-state index contributed by atoms with van der Waals surface area (Å²) in [5.74, 6) is -1.92. The van der Waals surface area contributed by atoms with E-state index in [0.29, 0.717) is 30.3 Å². The van der Waals surface area contributed by atoms with Crippen molar-refractivity contribution in [2.45, 2.75) is 24.2 Å². The van der Waals surface area contributed by atoms with Crippen LogP contribution in [0.5, 0.6) is 0 Å². The second-order valence-electron chi connectivity index (χ2n) is 7.12. The Morgan fingerprint density at radius 1 is 1.32 bits per heavy atom. The first-order chi connectivity index (χ1) is 14.8. The van der Waals surface area contributed by atoms with Gasteiger partial charge in [-0.15, -0.1) is 0 Å². The zero-order valence-electron chi connectivity index (χ0n) is 16.2. The summed E-state index contributed by atoms with van der Waals surface area (Å²) in [5, 5.41) is 13.0. The molecule has 12 heteroatoms. The minimum absolute atomic E-state index is 0.0712. The monoisotopic (exact) mass is 447 g/mol. The Hall–Kier alpha value is -3.25. The topological polar surface area (TPSA) is 139 Å². The van der Waals surface area contributed by atoms with Crippen molar-refractivity contribution in [3.63, 3.8) is 0 Å². The maximum absolute atomic E-state index is 13.7. The number of carboxylic acid groups (broad SMARTS) is 1. The molecule has 0 saturated carbocycles. The number of sulfonamides is 1. The summed E-state index contributed by atoms with van der Waals surface area (Å²) < 4.78 is 46.2. The largest absolute Gasteiger partial charge is 0.478 e. The molecule has 0 radical (unpaired) electrons. The van der Waals surface area contributed by atoms with E-state index < -0.39 is 27.4 Å². The molecule has 31 heavy (non-hydrogen) atoms. The van der Waals surface area contributed by atoms with Gasteiger partial charge in [-0.1, -0.05) is 5.16 Å². The van der Waals surface area contributed by atoms with Gasteiger partial charge in [0.2, 0.25) is 21.7 Å². The van der Waals surface area contributed by atoms with Crippen molar-refractivity contribution in [1.29, 1.82) is 0 Å². The molecule has 3 heterocycles. The van der Waals surface area contributed by atoms with Crippen molar-refractivity contribution in [1.82, 2.24) is 24.4 Å². The highest BCUT2D eigenvalue weighted by molar-refractivity contribution is 7.89. The molecule has 1 aliphatic rings. The molecule has 0 aliphatic carbocycles. The van der Waals surface area contributed by atoms with Crippen LogP contribution in [0, 0.1) is 11.7 Å². The van der Waals surface area contributed by atoms with Crippen LogP contribution in [0.1, 0.15) is 29.1 Å². The van der Waals surface area contributed by atoms with Gasteiger partial charge in [0, 0.05) is 31.9 Å². The zero-order valence-corrected chi connectivity index (χ0v) is 17.0. The fourth-order valence-electron chi connectivity index (χ4n) is 3.49. The highest BCUT2D eigenvalue weighted by atomic mass is 32.2. The van der Waals surface area contributed by atoms with Crippen LogP contribution in [-0.2, 0) is 16.4 Å². The van der Waals surface area contributed by atoms with Crippen LogP contribution in [0.15, 0.2) is 46.2 Å². The molecule has 1 atom stereocenters. The third kappa shape index (κ3) is 4.44. The first-order valence-corrected chi connectivity index (χ1v) is 10.9. The van der Waals surface area contributed by atoms with Crippen LogP contribution in [0.4, 0.5) is 4.39 Å². The van der Waals surface area contributed by atoms with Crippen molar-refractivity contribution >= 4 is 16.0 Å². The number of carboxylic acids is 1. The second kappa shape index (κ2) is 8.47. The van der Waals surface area contributed by atoms with Gasteiger partial charge in [-0.2, -0.15) is 9.29 Å². The number of aromatic carboxylic acids is 1. The van der Waals surface area contributed by atoms with Crippen molar-refractivity contribution < 1.29 is 27.2 Å². The van der Waals surface area contributed by atoms with Gasteiger partial charge in [0.05, 0.1) is 16.7 Å². The van der Waals surface area contributed by atoms with E-state index in [1.807, 2.05) is 0 Å². The second-order valence-corrected chi connectivity index (χ2v) is 9.06. The minimum Gasteiger partial charge on any atom is -0.478 e. The lowest BCUT2D eigenvalue weighted by atomic mass is 9.96. The lowest BCUT2D eigenvalue weighted by molar-refractivity contribution is 0.0691. The van der Waals surface area contributed by atoms with Gasteiger partial charge in [0.1, 0.15) is 11.5 Å². The van der Waals surface area contributed by atoms with E-state index in [9.17, 15) is 17.6 Å². The Morgan fingerprint density at radius 3 is 2.90 bits per heavy atom. The van der Waals surface area contributed by atoms with Gasteiger partial charge in [0.15, 0.2) is 0 Å². The SMILES string of the molecule is O=C(O)c1cc(S(=O)(=O)N2CCCC(Cc3nc(-c4cnccn4)no3)C2)ccc1F. The van der Waals surface area contributed by atoms with Crippen LogP contribution in [0.3, 0.4) is 0 Å². The van der Waals surface area contributed by atoms with E-state index in [1.165, 1.54) is 22.9 Å². The molecular weight excluding hydrogens is 429 g/mol. The van der Waals surface area contributed by atoms with Gasteiger partial charge in [-0.05, 0) is 37.0 Å². The summed E-state index contributed by atoms with van der Waals surface area (Å²) in [6.45, 7) is 0.484. The number of hydrogen-bond donors (Lipinski definition) is 1. The van der Waals surface area contributed by atoms with Crippen LogP contribution in [0.25, 0.3) is 11.5 Å². The molecule has 0 bridgehead atoms. The van der Waals surface area contributed by atoms with Crippen LogP contribution < -0.4 is 0 Å². The molecule has 10 nitrogen and oxygen atoms in total. The maximum Gasteiger partial charge on any atom is 0.338 e. The van der Waals surface area contributed by atoms with Crippen molar-refractivity contribution in [3.8, 4) is 11.5 Å². The first-order valence-electron chi connectivity index (χ1n) is 9.46. The highest BCUT2D eigenvalue weighted by Crippen LogP contribution is 2.27. The fourth-order valence-corrected chi connectivity index (χ4v) is 5.07. The number of carbonyl (C=O) groups is 1. The summed E-state index contributed by atoms with van der Waals surface area (Å²) in [7, 11) is -3.98. The molecule has 2 aromatic heterocycles. The summed E-state index contributed by atoms with van der Waals surface area (Å²) in [6, 6.07) is 2.78. The molecule has 1 aliphatic heterocycles. The lowest BCUT2D eigenvalue weighted by Gasteiger charge is -2.31. The van der Waals surface area contributed by atoms with Crippen LogP contribution in [0.2, 0.25) is 0 Å². The number of hydrogen-bond acceptors (Lipinski definition) is 8. The average molecular weight is 447 g/mol. The van der Waals surface area contributed by atoms with E-state index in [2.05, 4.69) is 20.1 Å². The zero-order chi connectivity index (χ0) is 22.0. The summed E-state index contributed by atoms with van der Waals surface area (Å²) in [6.07, 6.45) is 6.31. The minimum atomic E-state index is -3.98. The predicted molar refractivity (Wildman–Crippen MR) is 104 cm³/mol. The van der Waals surface area contributed by atoms with E-state index >= 15 is 0 Å². The number of benzene rings is 1. The standard InChI is InChI=1S/C19H18FN5O5S/c20-15-4-3-13(9-14(15)19(26)27)31(28,29)25-7-1-2-12(11-25)8-17-23-18(24-30-17)16-10-21-5-6-22-16/h3-6,9-10,12H,1-2,7-8,11H2,(H,26,27). The van der Waals surface area contributed by atoms with E-state index in [1.54, 1.807) is 0 Å². The number of rotatable bonds is 6. The number of aromatic nitrogens is 4. The van der Waals surface area contributed by atoms with Crippen molar-refractivity contribution in [2.24, 2.45) is 5.92 Å². The van der Waals surface area contributed by atoms with E-state index in [4.69, 9.17) is 9.63 Å². The molecule has 0 amide bonds. The summed E-state index contributed by atoms with van der Waals surface area (Å²) in [4.78, 5) is 23.3. The van der Waals surface area contributed by atoms with Gasteiger partial charge >= 0.3 is 5.97 Å². The van der Waals surface area contributed by atoms with Gasteiger partial charge in [-0.3, -0.25) is 4.98 Å². The number of nitrogens with zero attached hydrogens (tertiary/aromatic N) is 5. The first kappa shape index (κ1) is 21.0. The molecule has 1 aromatic carbocycles. The predicted octanol–water partition coefficient (Wildman–Crippen LogP) is 2.01. The highest BCUT2D eigenvalue weighted by Gasteiger charge is 2.32. The molecule has 3 aromatic rings. The maximum atomic E-state index is 13.7. The Labute approximate surface area is 176 Å². The van der Waals surface area contributed by atoms with Gasteiger partial charge < -0.3 is 9.63 Å². The van der Waals surface area contributed by atoms with Gasteiger partial charge in [0.25, 0.3) is 0 Å². The molecule has 162 valence electrons. The third-order valence-electron chi connectivity index (χ3n) is 5.01. The molecule has 1 fully saturated rings. The Morgan fingerprint density at radius 2 is 2.16 bits per heavy atom. The molecule has 0 spiro atoms. The Bertz CT molecular complexity index is 1200. The lowest BCUT2D eigenvalue weighted by Crippen LogP contribution is -2.40. The Balaban J connectivity index is 1.49. The smallest absolute Gasteiger partial charge is 0.338 e. The quantitative estimate of drug-likeness (QED) is 0.601. The third-order valence-corrected chi connectivity index (χ3v) is 6.87. The number of halogens is 1. The van der Waals surface area contributed by atoms with Gasteiger partial charge in [-0.25, -0.2) is 22.6 Å². The summed E-state index contributed by atoms with van der Waals surface area (Å²) in [5.41, 5.74) is -0.215. The van der Waals surface area contributed by atoms with Crippen LogP contribution >= 0.6 is 0 Å². The van der Waals surface area contributed by atoms with Crippen molar-refractivity contribution in [3.05, 3.63) is 54.1 Å². The number of piperidine rings is 1. The fraction of sp³-hybridized carbons (Fsp3) is 0.316. The normalized spacial score (nSPS) is 17.5. The van der Waals surface area contributed by atoms with E-state index in [-0.39, 0.29) is 23.9 Å². The average Bonchev–Trinajstić information content (AvgIpc) is 3.23. The molecular formula is C19H18FN5O5S. The molecule has 1 unspecified atom stereocenters. The summed E-state index contributed by atoms with van der Waals surface area (Å²) >= 11 is 0.